The Kier molecular flexibility index (Phi) is 4.88. The van der Waals surface area contributed by atoms with Gasteiger partial charge < -0.3 is 14.8 Å². The van der Waals surface area contributed by atoms with Gasteiger partial charge in [-0.1, -0.05) is 12.1 Å². The number of benzene rings is 1. The highest BCUT2D eigenvalue weighted by molar-refractivity contribution is 5.95. The van der Waals surface area contributed by atoms with Gasteiger partial charge in [0.15, 0.2) is 0 Å². The van der Waals surface area contributed by atoms with E-state index in [1.165, 1.54) is 0 Å². The first-order chi connectivity index (χ1) is 11.3. The van der Waals surface area contributed by atoms with E-state index in [1.54, 1.807) is 19.4 Å². The molecule has 23 heavy (non-hydrogen) atoms. The summed E-state index contributed by atoms with van der Waals surface area (Å²) in [4.78, 5) is 16.5. The Morgan fingerprint density at radius 1 is 1.35 bits per heavy atom. The van der Waals surface area contributed by atoms with E-state index in [-0.39, 0.29) is 12.0 Å². The van der Waals surface area contributed by atoms with Crippen LogP contribution in [0.3, 0.4) is 0 Å². The van der Waals surface area contributed by atoms with E-state index < -0.39 is 0 Å². The first kappa shape index (κ1) is 15.5. The zero-order valence-electron chi connectivity index (χ0n) is 13.1. The molecule has 1 aliphatic heterocycles. The zero-order valence-corrected chi connectivity index (χ0v) is 13.1. The maximum Gasteiger partial charge on any atom is 0.251 e. The van der Waals surface area contributed by atoms with Gasteiger partial charge in [-0.15, -0.1) is 0 Å². The molecule has 0 unspecified atom stereocenters. The van der Waals surface area contributed by atoms with Gasteiger partial charge in [0.2, 0.25) is 5.88 Å². The number of ether oxygens (including phenoxy) is 2. The van der Waals surface area contributed by atoms with E-state index in [0.29, 0.717) is 18.0 Å². The van der Waals surface area contributed by atoms with Crippen LogP contribution in [0, 0.1) is 0 Å². The Labute approximate surface area is 135 Å². The number of hydrogen-bond donors (Lipinski definition) is 1. The molecule has 2 heterocycles. The van der Waals surface area contributed by atoms with Gasteiger partial charge in [-0.3, -0.25) is 4.79 Å². The largest absolute Gasteiger partial charge is 0.481 e. The molecular weight excluding hydrogens is 292 g/mol. The molecule has 1 aromatic heterocycles. The fourth-order valence-corrected chi connectivity index (χ4v) is 2.63. The lowest BCUT2D eigenvalue weighted by atomic mass is 10.0. The van der Waals surface area contributed by atoms with Gasteiger partial charge in [-0.05, 0) is 36.6 Å². The van der Waals surface area contributed by atoms with Crippen LogP contribution in [-0.2, 0) is 4.74 Å². The number of hydrogen-bond acceptors (Lipinski definition) is 4. The molecule has 1 N–H and O–H groups in total. The molecule has 3 rings (SSSR count). The van der Waals surface area contributed by atoms with Crippen LogP contribution in [0.1, 0.15) is 23.2 Å². The molecule has 5 heteroatoms. The van der Waals surface area contributed by atoms with Crippen molar-refractivity contribution in [1.29, 1.82) is 0 Å². The van der Waals surface area contributed by atoms with E-state index >= 15 is 0 Å². The summed E-state index contributed by atoms with van der Waals surface area (Å²) >= 11 is 0. The summed E-state index contributed by atoms with van der Waals surface area (Å²) in [6, 6.07) is 11.2. The van der Waals surface area contributed by atoms with Crippen LogP contribution in [0.15, 0.2) is 42.6 Å². The first-order valence-corrected chi connectivity index (χ1v) is 7.76. The van der Waals surface area contributed by atoms with Gasteiger partial charge in [-0.2, -0.15) is 0 Å². The summed E-state index contributed by atoms with van der Waals surface area (Å²) in [5, 5.41) is 2.94. The van der Waals surface area contributed by atoms with Crippen LogP contribution in [0.25, 0.3) is 11.1 Å². The highest BCUT2D eigenvalue weighted by Crippen LogP contribution is 2.21. The van der Waals surface area contributed by atoms with Crippen molar-refractivity contribution in [2.24, 2.45) is 0 Å². The molecule has 1 amide bonds. The number of nitrogens with zero attached hydrogens (tertiary/aromatic N) is 1. The Balaban J connectivity index is 1.69. The minimum atomic E-state index is -0.0798. The average molecular weight is 312 g/mol. The second-order valence-corrected chi connectivity index (χ2v) is 5.52. The standard InChI is InChI=1S/C18H20N2O3/c1-22-17-8-7-15(11-19-17)13-4-2-5-14(10-13)18(21)20-12-16-6-3-9-23-16/h2,4-5,7-8,10-11,16H,3,6,9,12H2,1H3,(H,20,21)/t16-/m1/s1. The Bertz CT molecular complexity index is 664. The fourth-order valence-electron chi connectivity index (χ4n) is 2.63. The van der Waals surface area contributed by atoms with Gasteiger partial charge >= 0.3 is 0 Å². The van der Waals surface area contributed by atoms with Crippen LogP contribution in [0.2, 0.25) is 0 Å². The third kappa shape index (κ3) is 3.87. The number of nitrogens with one attached hydrogen (secondary N) is 1. The molecule has 2 aromatic rings. The molecule has 0 radical (unpaired) electrons. The molecule has 1 aliphatic rings. The molecule has 0 saturated carbocycles. The highest BCUT2D eigenvalue weighted by Gasteiger charge is 2.16. The second-order valence-electron chi connectivity index (χ2n) is 5.52. The molecule has 0 aliphatic carbocycles. The summed E-state index contributed by atoms with van der Waals surface area (Å²) in [5.41, 5.74) is 2.53. The van der Waals surface area contributed by atoms with E-state index in [4.69, 9.17) is 9.47 Å². The van der Waals surface area contributed by atoms with Crippen LogP contribution in [0.4, 0.5) is 0 Å². The molecule has 1 aromatic carbocycles. The van der Waals surface area contributed by atoms with Crippen molar-refractivity contribution in [3.05, 3.63) is 48.2 Å². The van der Waals surface area contributed by atoms with Crippen LogP contribution < -0.4 is 10.1 Å². The summed E-state index contributed by atoms with van der Waals surface area (Å²) in [7, 11) is 1.58. The molecule has 1 fully saturated rings. The van der Waals surface area contributed by atoms with Crippen molar-refractivity contribution in [3.63, 3.8) is 0 Å². The predicted molar refractivity (Wildman–Crippen MR) is 87.5 cm³/mol. The second kappa shape index (κ2) is 7.24. The molecule has 120 valence electrons. The Morgan fingerprint density at radius 2 is 2.26 bits per heavy atom. The Hall–Kier alpha value is -2.40. The van der Waals surface area contributed by atoms with Crippen molar-refractivity contribution >= 4 is 5.91 Å². The maximum absolute atomic E-state index is 12.3. The highest BCUT2D eigenvalue weighted by atomic mass is 16.5. The van der Waals surface area contributed by atoms with Crippen LogP contribution in [-0.4, -0.2) is 37.3 Å². The monoisotopic (exact) mass is 312 g/mol. The third-order valence-electron chi connectivity index (χ3n) is 3.92. The molecule has 5 nitrogen and oxygen atoms in total. The number of methoxy groups -OCH3 is 1. The van der Waals surface area contributed by atoms with E-state index in [1.807, 2.05) is 30.3 Å². The Morgan fingerprint density at radius 3 is 2.96 bits per heavy atom. The van der Waals surface area contributed by atoms with Crippen LogP contribution >= 0.6 is 0 Å². The summed E-state index contributed by atoms with van der Waals surface area (Å²) in [6.45, 7) is 1.35. The van der Waals surface area contributed by atoms with Crippen LogP contribution in [0.5, 0.6) is 5.88 Å². The zero-order chi connectivity index (χ0) is 16.1. The molecule has 1 atom stereocenters. The smallest absolute Gasteiger partial charge is 0.251 e. The number of pyridine rings is 1. The topological polar surface area (TPSA) is 60.5 Å². The predicted octanol–water partition coefficient (Wildman–Crippen LogP) is 2.67. The number of carbonyl (C=O) groups excluding carboxylic acids is 1. The first-order valence-electron chi connectivity index (χ1n) is 7.76. The van der Waals surface area contributed by atoms with Crippen molar-refractivity contribution < 1.29 is 14.3 Å². The van der Waals surface area contributed by atoms with E-state index in [2.05, 4.69) is 10.3 Å². The van der Waals surface area contributed by atoms with Gasteiger partial charge in [0.25, 0.3) is 5.91 Å². The normalized spacial score (nSPS) is 17.0. The van der Waals surface area contributed by atoms with Gasteiger partial charge in [0, 0.05) is 36.5 Å². The lowest BCUT2D eigenvalue weighted by Crippen LogP contribution is -2.31. The number of amides is 1. The van der Waals surface area contributed by atoms with E-state index in [0.717, 1.165) is 30.6 Å². The number of aromatic nitrogens is 1. The summed E-state index contributed by atoms with van der Waals surface area (Å²) < 4.78 is 10.6. The van der Waals surface area contributed by atoms with E-state index in [9.17, 15) is 4.79 Å². The van der Waals surface area contributed by atoms with Crippen molar-refractivity contribution in [1.82, 2.24) is 10.3 Å². The quantitative estimate of drug-likeness (QED) is 0.922. The minimum Gasteiger partial charge on any atom is -0.481 e. The average Bonchev–Trinajstić information content (AvgIpc) is 3.13. The van der Waals surface area contributed by atoms with Crippen molar-refractivity contribution in [2.75, 3.05) is 20.3 Å². The van der Waals surface area contributed by atoms with Crippen molar-refractivity contribution in [2.45, 2.75) is 18.9 Å². The van der Waals surface area contributed by atoms with Crippen molar-refractivity contribution in [3.8, 4) is 17.0 Å². The number of rotatable bonds is 5. The van der Waals surface area contributed by atoms with Gasteiger partial charge in [0.1, 0.15) is 0 Å². The molecule has 0 spiro atoms. The number of carbonyl (C=O) groups is 1. The third-order valence-corrected chi connectivity index (χ3v) is 3.92. The summed E-state index contributed by atoms with van der Waals surface area (Å²) in [5.74, 6) is 0.489. The fraction of sp³-hybridized carbons (Fsp3) is 0.333. The maximum atomic E-state index is 12.3. The molecular formula is C18H20N2O3. The SMILES string of the molecule is COc1ccc(-c2cccc(C(=O)NC[C@H]3CCCO3)c2)cn1. The molecule has 1 saturated heterocycles. The molecule has 0 bridgehead atoms. The minimum absolute atomic E-state index is 0.0798. The van der Waals surface area contributed by atoms with Gasteiger partial charge in [-0.25, -0.2) is 4.98 Å². The lowest BCUT2D eigenvalue weighted by molar-refractivity contribution is 0.0858. The summed E-state index contributed by atoms with van der Waals surface area (Å²) in [6.07, 6.45) is 3.97. The lowest BCUT2D eigenvalue weighted by Gasteiger charge is -2.11. The van der Waals surface area contributed by atoms with Gasteiger partial charge in [0.05, 0.1) is 13.2 Å².